The van der Waals surface area contributed by atoms with Crippen LogP contribution in [0.2, 0.25) is 5.02 Å². The van der Waals surface area contributed by atoms with E-state index in [2.05, 4.69) is 21.5 Å². The van der Waals surface area contributed by atoms with Crippen LogP contribution in [0.1, 0.15) is 46.9 Å². The molecule has 0 aliphatic rings. The highest BCUT2D eigenvalue weighted by Gasteiger charge is 2.12. The van der Waals surface area contributed by atoms with Crippen LogP contribution in [0, 0.1) is 0 Å². The number of anilines is 1. The predicted molar refractivity (Wildman–Crippen MR) is 117 cm³/mol. The van der Waals surface area contributed by atoms with E-state index in [0.717, 1.165) is 12.8 Å². The van der Waals surface area contributed by atoms with Crippen LogP contribution in [0.5, 0.6) is 0 Å². The smallest absolute Gasteiger partial charge is 0.269 e. The first-order chi connectivity index (χ1) is 13.9. The summed E-state index contributed by atoms with van der Waals surface area (Å²) in [5, 5.41) is 5.41. The average Bonchev–Trinajstić information content (AvgIpc) is 2.71. The largest absolute Gasteiger partial charge is 0.326 e. The van der Waals surface area contributed by atoms with Crippen LogP contribution in [0.4, 0.5) is 5.69 Å². The van der Waals surface area contributed by atoms with Crippen LogP contribution < -0.4 is 21.5 Å². The van der Waals surface area contributed by atoms with Crippen molar-refractivity contribution in [2.75, 3.05) is 5.32 Å². The third-order valence-electron chi connectivity index (χ3n) is 3.82. The van der Waals surface area contributed by atoms with E-state index in [-0.39, 0.29) is 16.6 Å². The van der Waals surface area contributed by atoms with E-state index in [1.807, 2.05) is 6.92 Å². The van der Waals surface area contributed by atoms with E-state index < -0.39 is 11.8 Å². The topological polar surface area (TPSA) is 99.3 Å². The lowest BCUT2D eigenvalue weighted by atomic mass is 10.2. The Morgan fingerprint density at radius 1 is 0.966 bits per heavy atom. The lowest BCUT2D eigenvalue weighted by Crippen LogP contribution is -2.48. The van der Waals surface area contributed by atoms with E-state index in [1.54, 1.807) is 48.5 Å². The first-order valence-corrected chi connectivity index (χ1v) is 9.75. The van der Waals surface area contributed by atoms with Crippen molar-refractivity contribution in [1.29, 1.82) is 0 Å². The van der Waals surface area contributed by atoms with Gasteiger partial charge in [-0.2, -0.15) is 0 Å². The summed E-state index contributed by atoms with van der Waals surface area (Å²) in [6, 6.07) is 12.9. The number of hydrogen-bond donors (Lipinski definition) is 4. The molecule has 29 heavy (non-hydrogen) atoms. The van der Waals surface area contributed by atoms with Gasteiger partial charge in [0.2, 0.25) is 5.91 Å². The molecule has 3 amide bonds. The van der Waals surface area contributed by atoms with Crippen molar-refractivity contribution in [3.05, 3.63) is 64.7 Å². The number of rotatable bonds is 6. The summed E-state index contributed by atoms with van der Waals surface area (Å²) in [5.41, 5.74) is 6.08. The van der Waals surface area contributed by atoms with Gasteiger partial charge in [-0.25, -0.2) is 0 Å². The van der Waals surface area contributed by atoms with Crippen molar-refractivity contribution >= 4 is 52.3 Å². The number of hydrazine groups is 1. The van der Waals surface area contributed by atoms with Gasteiger partial charge in [-0.1, -0.05) is 37.1 Å². The SMILES string of the molecule is CCCCC(=O)Nc1ccc(C(=O)NNC(=S)NC(=O)c2ccccc2Cl)cc1. The fourth-order valence-corrected chi connectivity index (χ4v) is 2.66. The molecular formula is C20H21ClN4O3S. The molecule has 0 atom stereocenters. The molecule has 152 valence electrons. The second-order valence-corrected chi connectivity index (χ2v) is 6.89. The highest BCUT2D eigenvalue weighted by Crippen LogP contribution is 2.14. The number of halogens is 1. The van der Waals surface area contributed by atoms with Gasteiger partial charge in [-0.15, -0.1) is 0 Å². The minimum Gasteiger partial charge on any atom is -0.326 e. The zero-order valence-corrected chi connectivity index (χ0v) is 17.3. The van der Waals surface area contributed by atoms with Crippen LogP contribution in [0.25, 0.3) is 0 Å². The molecule has 0 saturated heterocycles. The third-order valence-corrected chi connectivity index (χ3v) is 4.36. The molecule has 0 bridgehead atoms. The lowest BCUT2D eigenvalue weighted by molar-refractivity contribution is -0.116. The van der Waals surface area contributed by atoms with E-state index in [0.29, 0.717) is 22.7 Å². The fraction of sp³-hybridized carbons (Fsp3) is 0.200. The molecule has 0 fully saturated rings. The van der Waals surface area contributed by atoms with Gasteiger partial charge in [0.25, 0.3) is 11.8 Å². The average molecular weight is 433 g/mol. The van der Waals surface area contributed by atoms with Gasteiger partial charge in [0.15, 0.2) is 5.11 Å². The first kappa shape index (κ1) is 22.3. The lowest BCUT2D eigenvalue weighted by Gasteiger charge is -2.11. The normalized spacial score (nSPS) is 10.0. The number of hydrogen-bond acceptors (Lipinski definition) is 4. The Bertz CT molecular complexity index is 903. The molecule has 4 N–H and O–H groups in total. The maximum absolute atomic E-state index is 12.2. The van der Waals surface area contributed by atoms with Crippen molar-refractivity contribution in [2.45, 2.75) is 26.2 Å². The zero-order chi connectivity index (χ0) is 21.2. The molecule has 0 spiro atoms. The summed E-state index contributed by atoms with van der Waals surface area (Å²) in [5.74, 6) is -1.01. The van der Waals surface area contributed by atoms with Crippen molar-refractivity contribution in [3.63, 3.8) is 0 Å². The van der Waals surface area contributed by atoms with Gasteiger partial charge in [0.1, 0.15) is 0 Å². The Balaban J connectivity index is 1.82. The summed E-state index contributed by atoms with van der Waals surface area (Å²) >= 11 is 11.0. The molecule has 0 aliphatic heterocycles. The highest BCUT2D eigenvalue weighted by molar-refractivity contribution is 7.80. The van der Waals surface area contributed by atoms with E-state index in [9.17, 15) is 14.4 Å². The summed E-state index contributed by atoms with van der Waals surface area (Å²) in [7, 11) is 0. The molecule has 2 aromatic carbocycles. The Hall–Kier alpha value is -2.97. The molecule has 0 aromatic heterocycles. The Morgan fingerprint density at radius 2 is 1.66 bits per heavy atom. The molecular weight excluding hydrogens is 412 g/mol. The van der Waals surface area contributed by atoms with Crippen LogP contribution in [0.15, 0.2) is 48.5 Å². The summed E-state index contributed by atoms with van der Waals surface area (Å²) < 4.78 is 0. The minimum atomic E-state index is -0.495. The maximum atomic E-state index is 12.2. The van der Waals surface area contributed by atoms with Crippen LogP contribution in [-0.2, 0) is 4.79 Å². The van der Waals surface area contributed by atoms with Crippen molar-refractivity contribution in [2.24, 2.45) is 0 Å². The zero-order valence-electron chi connectivity index (χ0n) is 15.8. The van der Waals surface area contributed by atoms with Crippen LogP contribution in [0.3, 0.4) is 0 Å². The fourth-order valence-electron chi connectivity index (χ4n) is 2.30. The molecule has 2 rings (SSSR count). The number of nitrogens with one attached hydrogen (secondary N) is 4. The molecule has 2 aromatic rings. The van der Waals surface area contributed by atoms with Crippen molar-refractivity contribution in [1.82, 2.24) is 16.2 Å². The number of thiocarbonyl (C=S) groups is 1. The van der Waals surface area contributed by atoms with E-state index >= 15 is 0 Å². The van der Waals surface area contributed by atoms with Gasteiger partial charge in [0.05, 0.1) is 10.6 Å². The number of amides is 3. The summed E-state index contributed by atoms with van der Waals surface area (Å²) in [6.45, 7) is 2.02. The number of carbonyl (C=O) groups is 3. The molecule has 9 heteroatoms. The predicted octanol–water partition coefficient (Wildman–Crippen LogP) is 3.42. The molecule has 0 saturated carbocycles. The van der Waals surface area contributed by atoms with Crippen LogP contribution in [-0.4, -0.2) is 22.8 Å². The number of unbranched alkanes of at least 4 members (excludes halogenated alkanes) is 1. The van der Waals surface area contributed by atoms with Crippen molar-refractivity contribution < 1.29 is 14.4 Å². The Labute approximate surface area is 179 Å². The van der Waals surface area contributed by atoms with Gasteiger partial charge < -0.3 is 5.32 Å². The second-order valence-electron chi connectivity index (χ2n) is 6.07. The molecule has 0 radical (unpaired) electrons. The second kappa shape index (κ2) is 11.1. The number of benzene rings is 2. The molecule has 0 unspecified atom stereocenters. The monoisotopic (exact) mass is 432 g/mol. The van der Waals surface area contributed by atoms with Gasteiger partial charge >= 0.3 is 0 Å². The minimum absolute atomic E-state index is 0.0645. The van der Waals surface area contributed by atoms with Crippen LogP contribution >= 0.6 is 23.8 Å². The quantitative estimate of drug-likeness (QED) is 0.414. The first-order valence-electron chi connectivity index (χ1n) is 8.96. The molecule has 7 nitrogen and oxygen atoms in total. The molecule has 0 heterocycles. The third kappa shape index (κ3) is 7.17. The summed E-state index contributed by atoms with van der Waals surface area (Å²) in [6.07, 6.45) is 2.23. The molecule has 0 aliphatic carbocycles. The Morgan fingerprint density at radius 3 is 2.31 bits per heavy atom. The van der Waals surface area contributed by atoms with Crippen molar-refractivity contribution in [3.8, 4) is 0 Å². The van der Waals surface area contributed by atoms with E-state index in [1.165, 1.54) is 0 Å². The summed E-state index contributed by atoms with van der Waals surface area (Å²) in [4.78, 5) is 36.0. The standard InChI is InChI=1S/C20H21ClN4O3S/c1-2-3-8-17(26)22-14-11-9-13(10-12-14)18(27)24-25-20(29)23-19(28)15-6-4-5-7-16(15)21/h4-7,9-12H,2-3,8H2,1H3,(H,22,26)(H,24,27)(H2,23,25,28,29). The van der Waals surface area contributed by atoms with Gasteiger partial charge in [-0.05, 0) is 55.0 Å². The maximum Gasteiger partial charge on any atom is 0.269 e. The van der Waals surface area contributed by atoms with Gasteiger partial charge in [-0.3, -0.25) is 30.6 Å². The Kier molecular flexibility index (Phi) is 8.57. The van der Waals surface area contributed by atoms with Gasteiger partial charge in [0, 0.05) is 17.7 Å². The number of carbonyl (C=O) groups excluding carboxylic acids is 3. The highest BCUT2D eigenvalue weighted by atomic mass is 35.5. The van der Waals surface area contributed by atoms with E-state index in [4.69, 9.17) is 23.8 Å².